The molecule has 33 heavy (non-hydrogen) atoms. The summed E-state index contributed by atoms with van der Waals surface area (Å²) in [7, 11) is -4.18. The average molecular weight is 485 g/mol. The Hall–Kier alpha value is -4.02. The van der Waals surface area contributed by atoms with Crippen molar-refractivity contribution in [3.05, 3.63) is 105 Å². The molecule has 0 unspecified atom stereocenters. The summed E-state index contributed by atoms with van der Waals surface area (Å²) in [5, 5.41) is 11.2. The summed E-state index contributed by atoms with van der Waals surface area (Å²) in [4.78, 5) is 26.2. The van der Waals surface area contributed by atoms with Crippen LogP contribution in [-0.2, 0) is 19.6 Å². The molecule has 0 aromatic heterocycles. The molecule has 0 bridgehead atoms. The first kappa shape index (κ1) is 22.2. The number of nitro groups is 1. The largest absolute Gasteiger partial charge is 0.402 e. The van der Waals surface area contributed by atoms with Gasteiger partial charge < -0.3 is 8.92 Å². The highest BCUT2D eigenvalue weighted by Gasteiger charge is 2.24. The number of ether oxygens (including phenoxy) is 1. The lowest BCUT2D eigenvalue weighted by Gasteiger charge is -2.07. The van der Waals surface area contributed by atoms with E-state index >= 15 is 0 Å². The number of nitrogens with zero attached hydrogens (tertiary/aromatic N) is 2. The zero-order valence-corrected chi connectivity index (χ0v) is 18.1. The fraction of sp³-hybridized carbons (Fsp3) is 0. The van der Waals surface area contributed by atoms with Gasteiger partial charge in [-0.05, 0) is 60.2 Å². The molecule has 0 aliphatic carbocycles. The van der Waals surface area contributed by atoms with Crippen LogP contribution in [0, 0.1) is 10.1 Å². The van der Waals surface area contributed by atoms with Gasteiger partial charge in [0.15, 0.2) is 5.70 Å². The normalized spacial score (nSPS) is 14.6. The van der Waals surface area contributed by atoms with Gasteiger partial charge in [-0.15, -0.1) is 0 Å². The predicted octanol–water partition coefficient (Wildman–Crippen LogP) is 4.36. The highest BCUT2D eigenvalue weighted by Crippen LogP contribution is 2.24. The van der Waals surface area contributed by atoms with Crippen molar-refractivity contribution in [3.8, 4) is 5.75 Å². The van der Waals surface area contributed by atoms with Gasteiger partial charge in [-0.1, -0.05) is 23.7 Å². The van der Waals surface area contributed by atoms with Crippen molar-refractivity contribution >= 4 is 45.3 Å². The van der Waals surface area contributed by atoms with E-state index < -0.39 is 21.0 Å². The molecule has 3 aromatic carbocycles. The maximum absolute atomic E-state index is 12.4. The molecule has 0 saturated carbocycles. The zero-order chi connectivity index (χ0) is 23.6. The van der Waals surface area contributed by atoms with Crippen LogP contribution in [0.1, 0.15) is 11.1 Å². The van der Waals surface area contributed by atoms with Crippen LogP contribution in [0.2, 0.25) is 5.02 Å². The van der Waals surface area contributed by atoms with Crippen molar-refractivity contribution in [1.29, 1.82) is 0 Å². The average Bonchev–Trinajstić information content (AvgIpc) is 3.15. The third kappa shape index (κ3) is 5.08. The third-order valence-corrected chi connectivity index (χ3v) is 5.95. The molecule has 3 aromatic rings. The van der Waals surface area contributed by atoms with Crippen LogP contribution in [0.4, 0.5) is 5.69 Å². The number of hydrogen-bond acceptors (Lipinski definition) is 8. The molecular formula is C22H13ClN2O7S. The summed E-state index contributed by atoms with van der Waals surface area (Å²) < 4.78 is 35.0. The number of carbonyl (C=O) groups excluding carboxylic acids is 1. The van der Waals surface area contributed by atoms with Gasteiger partial charge in [-0.3, -0.25) is 10.1 Å². The van der Waals surface area contributed by atoms with Crippen LogP contribution >= 0.6 is 11.6 Å². The fourth-order valence-electron chi connectivity index (χ4n) is 2.81. The minimum Gasteiger partial charge on any atom is -0.402 e. The summed E-state index contributed by atoms with van der Waals surface area (Å²) in [5.74, 6) is -0.451. The minimum atomic E-state index is -4.18. The van der Waals surface area contributed by atoms with Gasteiger partial charge in [-0.25, -0.2) is 9.79 Å². The molecule has 1 heterocycles. The van der Waals surface area contributed by atoms with E-state index in [-0.39, 0.29) is 27.9 Å². The van der Waals surface area contributed by atoms with Crippen LogP contribution in [0.5, 0.6) is 5.75 Å². The van der Waals surface area contributed by atoms with Gasteiger partial charge >= 0.3 is 16.1 Å². The van der Waals surface area contributed by atoms with Crippen LogP contribution < -0.4 is 4.18 Å². The summed E-state index contributed by atoms with van der Waals surface area (Å²) in [6.07, 6.45) is 1.49. The molecular weight excluding hydrogens is 472 g/mol. The quantitative estimate of drug-likeness (QED) is 0.167. The molecule has 1 aliphatic rings. The highest BCUT2D eigenvalue weighted by molar-refractivity contribution is 7.87. The van der Waals surface area contributed by atoms with Gasteiger partial charge in [0, 0.05) is 22.7 Å². The van der Waals surface area contributed by atoms with Gasteiger partial charge in [0.05, 0.1) is 4.92 Å². The molecule has 0 amide bonds. The zero-order valence-electron chi connectivity index (χ0n) is 16.5. The van der Waals surface area contributed by atoms with E-state index in [2.05, 4.69) is 4.99 Å². The summed E-state index contributed by atoms with van der Waals surface area (Å²) >= 11 is 5.86. The number of benzene rings is 3. The van der Waals surface area contributed by atoms with Crippen molar-refractivity contribution in [2.75, 3.05) is 0 Å². The van der Waals surface area contributed by atoms with Crippen molar-refractivity contribution in [2.45, 2.75) is 4.90 Å². The second kappa shape index (κ2) is 8.85. The Balaban J connectivity index is 1.50. The van der Waals surface area contributed by atoms with Crippen molar-refractivity contribution in [2.24, 2.45) is 4.99 Å². The Kier molecular flexibility index (Phi) is 5.95. The Labute approximate surface area is 192 Å². The van der Waals surface area contributed by atoms with E-state index in [0.29, 0.717) is 16.1 Å². The number of halogens is 1. The lowest BCUT2D eigenvalue weighted by molar-refractivity contribution is -0.384. The number of carbonyl (C=O) groups is 1. The molecule has 166 valence electrons. The van der Waals surface area contributed by atoms with E-state index in [1.165, 1.54) is 30.3 Å². The van der Waals surface area contributed by atoms with Crippen LogP contribution in [0.15, 0.2) is 88.4 Å². The molecule has 0 spiro atoms. The molecule has 0 N–H and O–H groups in total. The van der Waals surface area contributed by atoms with Crippen molar-refractivity contribution in [1.82, 2.24) is 0 Å². The monoisotopic (exact) mass is 484 g/mol. The number of cyclic esters (lactones) is 1. The third-order valence-electron chi connectivity index (χ3n) is 4.44. The van der Waals surface area contributed by atoms with Crippen LogP contribution in [0.3, 0.4) is 0 Å². The topological polar surface area (TPSA) is 125 Å². The maximum atomic E-state index is 12.4. The number of rotatable bonds is 6. The number of hydrogen-bond donors (Lipinski definition) is 0. The number of nitro benzene ring substituents is 1. The second-order valence-corrected chi connectivity index (χ2v) is 8.68. The lowest BCUT2D eigenvalue weighted by atomic mass is 10.2. The van der Waals surface area contributed by atoms with E-state index in [9.17, 15) is 23.3 Å². The smallest absolute Gasteiger partial charge is 0.363 e. The Morgan fingerprint density at radius 1 is 0.970 bits per heavy atom. The molecule has 0 fully saturated rings. The Morgan fingerprint density at radius 2 is 1.61 bits per heavy atom. The number of non-ortho nitro benzene ring substituents is 1. The number of esters is 1. The second-order valence-electron chi connectivity index (χ2n) is 6.70. The molecule has 9 nitrogen and oxygen atoms in total. The standard InChI is InChI=1S/C22H13ClN2O7S/c23-16-5-3-15(4-6-16)21-24-20(22(26)31-21)13-14-1-9-18(10-2-14)32-33(29,30)19-11-7-17(8-12-19)25(27)28/h1-13H. The molecule has 1 aliphatic heterocycles. The highest BCUT2D eigenvalue weighted by atomic mass is 35.5. The van der Waals surface area contributed by atoms with Crippen LogP contribution in [-0.4, -0.2) is 25.2 Å². The van der Waals surface area contributed by atoms with E-state index in [0.717, 1.165) is 24.3 Å². The first-order chi connectivity index (χ1) is 15.7. The van der Waals surface area contributed by atoms with Gasteiger partial charge in [0.2, 0.25) is 5.90 Å². The van der Waals surface area contributed by atoms with E-state index in [1.54, 1.807) is 24.3 Å². The lowest BCUT2D eigenvalue weighted by Crippen LogP contribution is -2.09. The summed E-state index contributed by atoms with van der Waals surface area (Å²) in [6, 6.07) is 16.9. The molecule has 0 atom stereocenters. The van der Waals surface area contributed by atoms with Crippen molar-refractivity contribution in [3.63, 3.8) is 0 Å². The van der Waals surface area contributed by atoms with Gasteiger partial charge in [-0.2, -0.15) is 8.42 Å². The van der Waals surface area contributed by atoms with Gasteiger partial charge in [0.25, 0.3) is 5.69 Å². The molecule has 0 radical (unpaired) electrons. The Morgan fingerprint density at radius 3 is 2.21 bits per heavy atom. The Bertz CT molecular complexity index is 1400. The molecule has 4 rings (SSSR count). The number of aliphatic imine (C=N–C) groups is 1. The molecule has 0 saturated heterocycles. The first-order valence-electron chi connectivity index (χ1n) is 9.29. The van der Waals surface area contributed by atoms with E-state index in [4.69, 9.17) is 20.5 Å². The minimum absolute atomic E-state index is 0.0230. The van der Waals surface area contributed by atoms with E-state index in [1.807, 2.05) is 0 Å². The van der Waals surface area contributed by atoms with Gasteiger partial charge in [0.1, 0.15) is 10.6 Å². The fourth-order valence-corrected chi connectivity index (χ4v) is 3.87. The maximum Gasteiger partial charge on any atom is 0.363 e. The molecule has 11 heteroatoms. The SMILES string of the molecule is O=C1OC(c2ccc(Cl)cc2)=NC1=Cc1ccc(OS(=O)(=O)c2ccc([N+](=O)[O-])cc2)cc1. The van der Waals surface area contributed by atoms with Crippen molar-refractivity contribution < 1.29 is 27.1 Å². The van der Waals surface area contributed by atoms with Crippen LogP contribution in [0.25, 0.3) is 6.08 Å². The summed E-state index contributed by atoms with van der Waals surface area (Å²) in [5.41, 5.74) is 0.991. The predicted molar refractivity (Wildman–Crippen MR) is 119 cm³/mol. The summed E-state index contributed by atoms with van der Waals surface area (Å²) in [6.45, 7) is 0. The first-order valence-corrected chi connectivity index (χ1v) is 11.1.